The molecule has 0 aromatic rings. The lowest BCUT2D eigenvalue weighted by Gasteiger charge is -2.13. The van der Waals surface area contributed by atoms with E-state index in [-0.39, 0.29) is 24.0 Å². The van der Waals surface area contributed by atoms with Crippen molar-refractivity contribution in [2.45, 2.75) is 20.3 Å². The van der Waals surface area contributed by atoms with E-state index in [1.807, 2.05) is 0 Å². The maximum Gasteiger partial charge on any atom is 0.0792 e. The van der Waals surface area contributed by atoms with E-state index in [1.165, 1.54) is 13.1 Å². The van der Waals surface area contributed by atoms with Crippen molar-refractivity contribution in [1.82, 2.24) is 0 Å². The highest BCUT2D eigenvalue weighted by Crippen LogP contribution is 1.65. The van der Waals surface area contributed by atoms with E-state index in [2.05, 4.69) is 13.8 Å². The summed E-state index contributed by atoms with van der Waals surface area (Å²) < 4.78 is 0. The molecular formula is C7H18INO. The van der Waals surface area contributed by atoms with Gasteiger partial charge >= 0.3 is 0 Å². The molecule has 0 saturated carbocycles. The molecule has 10 heavy (non-hydrogen) atoms. The lowest BCUT2D eigenvalue weighted by atomic mass is 10.4. The molecule has 0 rings (SSSR count). The van der Waals surface area contributed by atoms with Gasteiger partial charge in [0.1, 0.15) is 0 Å². The Hall–Kier alpha value is 0.650. The molecule has 0 fully saturated rings. The number of nitrogens with one attached hydrogen (secondary N) is 1. The van der Waals surface area contributed by atoms with E-state index < -0.39 is 0 Å². The van der Waals surface area contributed by atoms with Crippen LogP contribution in [-0.4, -0.2) is 31.3 Å². The predicted molar refractivity (Wildman–Crippen MR) is 38.6 cm³/mol. The van der Waals surface area contributed by atoms with Gasteiger partial charge in [-0.2, -0.15) is 0 Å². The molecule has 0 unspecified atom stereocenters. The zero-order valence-electron chi connectivity index (χ0n) is 6.86. The van der Waals surface area contributed by atoms with Gasteiger partial charge < -0.3 is 34.0 Å². The summed E-state index contributed by atoms with van der Waals surface area (Å²) >= 11 is 0. The first-order valence-corrected chi connectivity index (χ1v) is 3.79. The number of rotatable bonds is 5. The molecule has 0 aliphatic heterocycles. The maximum atomic E-state index is 8.49. The highest BCUT2D eigenvalue weighted by atomic mass is 127. The smallest absolute Gasteiger partial charge is 0.0792 e. The Morgan fingerprint density at radius 3 is 2.00 bits per heavy atom. The summed E-state index contributed by atoms with van der Waals surface area (Å²) in [6, 6.07) is 0. The van der Waals surface area contributed by atoms with E-state index >= 15 is 0 Å². The van der Waals surface area contributed by atoms with E-state index in [9.17, 15) is 0 Å². The number of aliphatic hydroxyl groups is 1. The van der Waals surface area contributed by atoms with Crippen LogP contribution in [0.3, 0.4) is 0 Å². The molecule has 0 aliphatic carbocycles. The molecule has 3 heteroatoms. The van der Waals surface area contributed by atoms with Gasteiger partial charge in [-0.05, 0) is 13.8 Å². The van der Waals surface area contributed by atoms with Crippen LogP contribution in [0.25, 0.3) is 0 Å². The Morgan fingerprint density at radius 1 is 1.20 bits per heavy atom. The zero-order chi connectivity index (χ0) is 7.11. The first-order valence-electron chi connectivity index (χ1n) is 3.79. The fraction of sp³-hybridized carbons (Fsp3) is 1.00. The average Bonchev–Trinajstić information content (AvgIpc) is 1.91. The molecule has 0 saturated heterocycles. The fourth-order valence-electron chi connectivity index (χ4n) is 0.933. The molecule has 0 radical (unpaired) electrons. The standard InChI is InChI=1S/C7H17NO.HI/c1-3-8(4-2)6-5-7-9;/h9H,3-7H2,1-2H3;1H. The summed E-state index contributed by atoms with van der Waals surface area (Å²) in [5, 5.41) is 8.49. The van der Waals surface area contributed by atoms with Crippen LogP contribution in [0.1, 0.15) is 20.3 Å². The van der Waals surface area contributed by atoms with Crippen LogP contribution < -0.4 is 28.9 Å². The molecule has 0 aromatic carbocycles. The van der Waals surface area contributed by atoms with Gasteiger partial charge in [-0.3, -0.25) is 0 Å². The molecule has 0 bridgehead atoms. The highest BCUT2D eigenvalue weighted by Gasteiger charge is 1.98. The fourth-order valence-corrected chi connectivity index (χ4v) is 0.933. The van der Waals surface area contributed by atoms with Crippen LogP contribution in [0.5, 0.6) is 0 Å². The Kier molecular flexibility index (Phi) is 12.8. The van der Waals surface area contributed by atoms with Crippen LogP contribution >= 0.6 is 0 Å². The molecule has 0 spiro atoms. The Morgan fingerprint density at radius 2 is 1.70 bits per heavy atom. The van der Waals surface area contributed by atoms with Crippen molar-refractivity contribution in [1.29, 1.82) is 0 Å². The van der Waals surface area contributed by atoms with Gasteiger partial charge in [0, 0.05) is 13.0 Å². The lowest BCUT2D eigenvalue weighted by Crippen LogP contribution is -3.11. The van der Waals surface area contributed by atoms with Crippen molar-refractivity contribution in [3.63, 3.8) is 0 Å². The van der Waals surface area contributed by atoms with Crippen molar-refractivity contribution in [2.75, 3.05) is 26.2 Å². The van der Waals surface area contributed by atoms with Crippen LogP contribution in [0.4, 0.5) is 0 Å². The van der Waals surface area contributed by atoms with Crippen LogP contribution in [0.15, 0.2) is 0 Å². The monoisotopic (exact) mass is 259 g/mol. The van der Waals surface area contributed by atoms with Gasteiger partial charge in [0.2, 0.25) is 0 Å². The van der Waals surface area contributed by atoms with Crippen molar-refractivity contribution in [3.8, 4) is 0 Å². The highest BCUT2D eigenvalue weighted by molar-refractivity contribution is 4.27. The molecular weight excluding hydrogens is 241 g/mol. The largest absolute Gasteiger partial charge is 1.00 e. The van der Waals surface area contributed by atoms with Gasteiger partial charge in [-0.1, -0.05) is 0 Å². The van der Waals surface area contributed by atoms with Gasteiger partial charge in [-0.25, -0.2) is 0 Å². The van der Waals surface area contributed by atoms with E-state index in [1.54, 1.807) is 4.90 Å². The first kappa shape index (κ1) is 13.3. The second-order valence-corrected chi connectivity index (χ2v) is 2.28. The number of aliphatic hydroxyl groups excluding tert-OH is 1. The minimum Gasteiger partial charge on any atom is -1.00 e. The summed E-state index contributed by atoms with van der Waals surface area (Å²) in [6.07, 6.45) is 0.941. The topological polar surface area (TPSA) is 24.7 Å². The van der Waals surface area contributed by atoms with Crippen LogP contribution in [0.2, 0.25) is 0 Å². The molecule has 64 valence electrons. The van der Waals surface area contributed by atoms with Crippen molar-refractivity contribution in [3.05, 3.63) is 0 Å². The summed E-state index contributed by atoms with van der Waals surface area (Å²) in [6.45, 7) is 8.16. The first-order chi connectivity index (χ1) is 4.35. The van der Waals surface area contributed by atoms with Crippen LogP contribution in [0, 0.1) is 0 Å². The second kappa shape index (κ2) is 9.65. The summed E-state index contributed by atoms with van der Waals surface area (Å²) in [7, 11) is 0. The Labute approximate surface area is 80.6 Å². The molecule has 0 aliphatic rings. The number of hydrogen-bond donors (Lipinski definition) is 2. The number of hydrogen-bond acceptors (Lipinski definition) is 1. The average molecular weight is 259 g/mol. The molecule has 0 atom stereocenters. The van der Waals surface area contributed by atoms with Crippen molar-refractivity contribution >= 4 is 0 Å². The van der Waals surface area contributed by atoms with E-state index in [4.69, 9.17) is 5.11 Å². The summed E-state index contributed by atoms with van der Waals surface area (Å²) in [5.41, 5.74) is 0. The van der Waals surface area contributed by atoms with Gasteiger partial charge in [-0.15, -0.1) is 0 Å². The predicted octanol–water partition coefficient (Wildman–Crippen LogP) is -3.70. The van der Waals surface area contributed by atoms with Gasteiger partial charge in [0.05, 0.1) is 19.6 Å². The Balaban J connectivity index is 0. The van der Waals surface area contributed by atoms with E-state index in [0.29, 0.717) is 6.61 Å². The maximum absolute atomic E-state index is 8.49. The third-order valence-electron chi connectivity index (χ3n) is 1.69. The number of halogens is 1. The zero-order valence-corrected chi connectivity index (χ0v) is 9.02. The van der Waals surface area contributed by atoms with Gasteiger partial charge in [0.15, 0.2) is 0 Å². The summed E-state index contributed by atoms with van der Waals surface area (Å²) in [4.78, 5) is 1.57. The minimum absolute atomic E-state index is 0. The van der Waals surface area contributed by atoms with Crippen molar-refractivity contribution in [2.24, 2.45) is 0 Å². The minimum atomic E-state index is 0. The normalized spacial score (nSPS) is 9.60. The lowest BCUT2D eigenvalue weighted by molar-refractivity contribution is -0.896. The molecule has 0 heterocycles. The third-order valence-corrected chi connectivity index (χ3v) is 1.69. The summed E-state index contributed by atoms with van der Waals surface area (Å²) in [5.74, 6) is 0. The van der Waals surface area contributed by atoms with E-state index in [0.717, 1.165) is 13.0 Å². The molecule has 2 nitrogen and oxygen atoms in total. The quantitative estimate of drug-likeness (QED) is 0.488. The Bertz CT molecular complexity index is 57.6. The van der Waals surface area contributed by atoms with Crippen molar-refractivity contribution < 1.29 is 34.0 Å². The second-order valence-electron chi connectivity index (χ2n) is 2.28. The number of quaternary nitrogens is 1. The van der Waals surface area contributed by atoms with Gasteiger partial charge in [0.25, 0.3) is 0 Å². The van der Waals surface area contributed by atoms with Crippen LogP contribution in [-0.2, 0) is 0 Å². The SMILES string of the molecule is CC[NH+](CC)CCCO.[I-]. The third kappa shape index (κ3) is 6.77. The molecule has 2 N–H and O–H groups in total. The molecule has 0 aromatic heterocycles. The molecule has 0 amide bonds.